The Bertz CT molecular complexity index is 2580. The maximum Gasteiger partial charge on any atom is 0.262 e. The van der Waals surface area contributed by atoms with E-state index in [1.807, 2.05) is 42.5 Å². The van der Waals surface area contributed by atoms with E-state index in [9.17, 15) is 19.5 Å². The lowest BCUT2D eigenvalue weighted by molar-refractivity contribution is 0.406. The standard InChI is InChI=1S/C43H45N3O4/c1-3-5-7-9-11-17-23-45-40(47)33-29-25-26-19-13-14-20-27(26)31(29)36-35-34(33)37(42(45)49)32-28-21-15-16-22-30(28)44-39(32)38(35)43(50)46(41(36)48)24-18-12-10-8-6-4-2/h13-16,19-22,50H,3-12,17-18,23-25H2,1-2H3. The molecule has 7 heteroatoms. The molecule has 0 saturated carbocycles. The second-order valence-corrected chi connectivity index (χ2v) is 14.4. The predicted molar refractivity (Wildman–Crippen MR) is 206 cm³/mol. The smallest absolute Gasteiger partial charge is 0.262 e. The molecule has 0 spiro atoms. The predicted octanol–water partition coefficient (Wildman–Crippen LogP) is 9.40. The van der Waals surface area contributed by atoms with Crippen LogP contribution in [-0.2, 0) is 19.5 Å². The van der Waals surface area contributed by atoms with Crippen molar-refractivity contribution in [3.05, 3.63) is 90.7 Å². The molecule has 50 heavy (non-hydrogen) atoms. The first-order chi connectivity index (χ1) is 24.5. The van der Waals surface area contributed by atoms with Crippen LogP contribution in [0, 0.1) is 0 Å². The van der Waals surface area contributed by atoms with Gasteiger partial charge in [0, 0.05) is 34.6 Å². The molecule has 0 unspecified atom stereocenters. The van der Waals surface area contributed by atoms with Crippen LogP contribution < -0.4 is 16.7 Å². The number of benzene rings is 4. The molecule has 3 aromatic heterocycles. The zero-order chi connectivity index (χ0) is 34.5. The molecule has 0 atom stereocenters. The van der Waals surface area contributed by atoms with Crippen molar-refractivity contribution < 1.29 is 5.11 Å². The average Bonchev–Trinajstić information content (AvgIpc) is 3.70. The quantitative estimate of drug-likeness (QED) is 0.0921. The van der Waals surface area contributed by atoms with Crippen molar-refractivity contribution in [1.29, 1.82) is 0 Å². The van der Waals surface area contributed by atoms with Gasteiger partial charge in [-0.3, -0.25) is 23.5 Å². The molecule has 7 aromatic rings. The van der Waals surface area contributed by atoms with Crippen LogP contribution in [0.3, 0.4) is 0 Å². The molecule has 0 amide bonds. The Morgan fingerprint density at radius 3 is 1.92 bits per heavy atom. The molecule has 0 aliphatic heterocycles. The van der Waals surface area contributed by atoms with E-state index >= 15 is 0 Å². The number of rotatable bonds is 14. The van der Waals surface area contributed by atoms with Crippen LogP contribution in [0.25, 0.3) is 65.3 Å². The van der Waals surface area contributed by atoms with Crippen LogP contribution >= 0.6 is 0 Å². The molecule has 7 nitrogen and oxygen atoms in total. The summed E-state index contributed by atoms with van der Waals surface area (Å²) in [5.74, 6) is -0.137. The van der Waals surface area contributed by atoms with E-state index in [1.54, 1.807) is 0 Å². The van der Waals surface area contributed by atoms with E-state index in [4.69, 9.17) is 4.98 Å². The minimum Gasteiger partial charge on any atom is -0.494 e. The minimum absolute atomic E-state index is 0.137. The maximum atomic E-state index is 14.8. The highest BCUT2D eigenvalue weighted by molar-refractivity contribution is 6.39. The third kappa shape index (κ3) is 4.91. The zero-order valence-corrected chi connectivity index (χ0v) is 29.2. The van der Waals surface area contributed by atoms with Crippen LogP contribution in [0.5, 0.6) is 5.88 Å². The molecule has 256 valence electrons. The Kier molecular flexibility index (Phi) is 8.54. The summed E-state index contributed by atoms with van der Waals surface area (Å²) in [6.45, 7) is 5.10. The molecule has 1 aliphatic rings. The van der Waals surface area contributed by atoms with Gasteiger partial charge in [0.25, 0.3) is 16.7 Å². The summed E-state index contributed by atoms with van der Waals surface area (Å²) in [5, 5.41) is 16.5. The van der Waals surface area contributed by atoms with Gasteiger partial charge in [0.05, 0.1) is 32.6 Å². The maximum absolute atomic E-state index is 14.8. The monoisotopic (exact) mass is 667 g/mol. The van der Waals surface area contributed by atoms with Crippen molar-refractivity contribution in [1.82, 2.24) is 14.1 Å². The van der Waals surface area contributed by atoms with Crippen molar-refractivity contribution in [2.45, 2.75) is 110 Å². The van der Waals surface area contributed by atoms with Crippen molar-refractivity contribution >= 4 is 54.1 Å². The molecule has 0 radical (unpaired) electrons. The van der Waals surface area contributed by atoms with Crippen LogP contribution in [0.1, 0.15) is 102 Å². The van der Waals surface area contributed by atoms with E-state index < -0.39 is 0 Å². The van der Waals surface area contributed by atoms with Crippen molar-refractivity contribution in [2.24, 2.45) is 0 Å². The first-order valence-corrected chi connectivity index (χ1v) is 18.8. The van der Waals surface area contributed by atoms with Gasteiger partial charge in [-0.25, -0.2) is 4.98 Å². The number of unbranched alkanes of at least 4 members (excludes halogenated alkanes) is 10. The minimum atomic E-state index is -0.339. The summed E-state index contributed by atoms with van der Waals surface area (Å²) in [7, 11) is 0. The molecule has 8 rings (SSSR count). The third-order valence-corrected chi connectivity index (χ3v) is 11.2. The van der Waals surface area contributed by atoms with E-state index in [0.717, 1.165) is 91.8 Å². The highest BCUT2D eigenvalue weighted by Crippen LogP contribution is 2.50. The fourth-order valence-electron chi connectivity index (χ4n) is 8.77. The van der Waals surface area contributed by atoms with E-state index in [-0.39, 0.29) is 22.6 Å². The normalized spacial score (nSPS) is 12.8. The molecule has 1 aliphatic carbocycles. The van der Waals surface area contributed by atoms with Gasteiger partial charge in [-0.15, -0.1) is 0 Å². The van der Waals surface area contributed by atoms with Gasteiger partial charge >= 0.3 is 0 Å². The first-order valence-electron chi connectivity index (χ1n) is 18.8. The van der Waals surface area contributed by atoms with Gasteiger partial charge in [-0.1, -0.05) is 121 Å². The topological polar surface area (TPSA) is 94.2 Å². The van der Waals surface area contributed by atoms with Crippen LogP contribution in [0.4, 0.5) is 0 Å². The Hall–Kier alpha value is -4.78. The summed E-state index contributed by atoms with van der Waals surface area (Å²) >= 11 is 0. The van der Waals surface area contributed by atoms with Crippen molar-refractivity contribution in [2.75, 3.05) is 0 Å². The SMILES string of the molecule is CCCCCCCCn1c(O)c2c3nc4ccccc4c3c3c(=O)n(CCCCCCCC)c(=O)c4c5c(c(c1=O)c2c43)-c1ccccc1C5. The summed E-state index contributed by atoms with van der Waals surface area (Å²) in [5.41, 5.74) is 3.86. The highest BCUT2D eigenvalue weighted by atomic mass is 16.3. The number of hydrogen-bond donors (Lipinski definition) is 1. The largest absolute Gasteiger partial charge is 0.494 e. The summed E-state index contributed by atoms with van der Waals surface area (Å²) in [6.07, 6.45) is 13.1. The molecule has 4 aromatic carbocycles. The van der Waals surface area contributed by atoms with Gasteiger partial charge in [0.15, 0.2) is 0 Å². The van der Waals surface area contributed by atoms with Gasteiger partial charge in [-0.05, 0) is 47.6 Å². The fraction of sp³-hybridized carbons (Fsp3) is 0.395. The lowest BCUT2D eigenvalue weighted by Gasteiger charge is -2.21. The molecular weight excluding hydrogens is 622 g/mol. The van der Waals surface area contributed by atoms with Crippen LogP contribution in [-0.4, -0.2) is 19.2 Å². The second kappa shape index (κ2) is 13.2. The molecular formula is C43H45N3O4. The van der Waals surface area contributed by atoms with Crippen LogP contribution in [0.15, 0.2) is 62.9 Å². The fourth-order valence-corrected chi connectivity index (χ4v) is 8.77. The summed E-state index contributed by atoms with van der Waals surface area (Å²) in [6, 6.07) is 15.8. The second-order valence-electron chi connectivity index (χ2n) is 14.4. The summed E-state index contributed by atoms with van der Waals surface area (Å²) < 4.78 is 2.97. The highest BCUT2D eigenvalue weighted by Gasteiger charge is 2.34. The number of fused-ring (bicyclic) bond motifs is 10. The summed E-state index contributed by atoms with van der Waals surface area (Å²) in [4.78, 5) is 49.4. The number of para-hydroxylation sites is 1. The molecule has 0 saturated heterocycles. The molecule has 1 N–H and O–H groups in total. The Balaban J connectivity index is 1.48. The lowest BCUT2D eigenvalue weighted by Crippen LogP contribution is -2.34. The van der Waals surface area contributed by atoms with Gasteiger partial charge in [0.2, 0.25) is 5.88 Å². The van der Waals surface area contributed by atoms with Gasteiger partial charge in [0.1, 0.15) is 0 Å². The number of nitrogens with zero attached hydrogens (tertiary/aromatic N) is 3. The third-order valence-electron chi connectivity index (χ3n) is 11.2. The molecule has 0 bridgehead atoms. The van der Waals surface area contributed by atoms with E-state index in [2.05, 4.69) is 19.9 Å². The van der Waals surface area contributed by atoms with Gasteiger partial charge in [-0.2, -0.15) is 0 Å². The van der Waals surface area contributed by atoms with Crippen molar-refractivity contribution in [3.63, 3.8) is 0 Å². The Morgan fingerprint density at radius 1 is 0.600 bits per heavy atom. The number of aromatic hydroxyl groups is 1. The van der Waals surface area contributed by atoms with Gasteiger partial charge < -0.3 is 5.11 Å². The Labute approximate surface area is 290 Å². The van der Waals surface area contributed by atoms with Crippen LogP contribution in [0.2, 0.25) is 0 Å². The number of pyridine rings is 2. The zero-order valence-electron chi connectivity index (χ0n) is 29.2. The molecule has 3 heterocycles. The first kappa shape index (κ1) is 32.4. The van der Waals surface area contributed by atoms with E-state index in [0.29, 0.717) is 68.2 Å². The van der Waals surface area contributed by atoms with Crippen molar-refractivity contribution in [3.8, 4) is 17.0 Å². The number of aromatic nitrogens is 3. The molecule has 0 fully saturated rings. The lowest BCUT2D eigenvalue weighted by atomic mass is 9.87. The number of hydrogen-bond acceptors (Lipinski definition) is 5. The Morgan fingerprint density at radius 2 is 1.18 bits per heavy atom. The van der Waals surface area contributed by atoms with E-state index in [1.165, 1.54) is 22.0 Å². The average molecular weight is 668 g/mol.